The van der Waals surface area contributed by atoms with Crippen LogP contribution in [0, 0.1) is 0 Å². The van der Waals surface area contributed by atoms with Gasteiger partial charge in [-0.1, -0.05) is 39.0 Å². The summed E-state index contributed by atoms with van der Waals surface area (Å²) in [5, 5.41) is 0.231. The Labute approximate surface area is 97.6 Å². The highest BCUT2D eigenvalue weighted by Gasteiger charge is 2.23. The van der Waals surface area contributed by atoms with Gasteiger partial charge < -0.3 is 0 Å². The molecule has 0 spiro atoms. The Hall–Kier alpha value is -0.490. The van der Waals surface area contributed by atoms with E-state index < -0.39 is 0 Å². The summed E-state index contributed by atoms with van der Waals surface area (Å²) in [6.45, 7) is 6.77. The summed E-state index contributed by atoms with van der Waals surface area (Å²) in [5.74, 6) is 1.27. The van der Waals surface area contributed by atoms with Crippen molar-refractivity contribution in [2.24, 2.45) is 0 Å². The fourth-order valence-corrected chi connectivity index (χ4v) is 2.69. The van der Waals surface area contributed by atoms with Crippen molar-refractivity contribution in [1.29, 1.82) is 0 Å². The average molecular weight is 223 g/mol. The fraction of sp³-hybridized carbons (Fsp3) is 0.571. The third kappa shape index (κ3) is 2.06. The SMILES string of the molecule is CC(C)c1ccc2c(c1)C(Cl)CCC2C. The molecule has 0 nitrogen and oxygen atoms in total. The van der Waals surface area contributed by atoms with E-state index in [0.29, 0.717) is 11.8 Å². The molecule has 82 valence electrons. The number of fused-ring (bicyclic) bond motifs is 1. The third-order valence-corrected chi connectivity index (χ3v) is 3.95. The Morgan fingerprint density at radius 1 is 1.20 bits per heavy atom. The normalized spacial score (nSPS) is 25.4. The second kappa shape index (κ2) is 4.17. The monoisotopic (exact) mass is 222 g/mol. The lowest BCUT2D eigenvalue weighted by Crippen LogP contribution is -2.10. The van der Waals surface area contributed by atoms with Crippen LogP contribution in [0.5, 0.6) is 0 Å². The highest BCUT2D eigenvalue weighted by Crippen LogP contribution is 2.41. The highest BCUT2D eigenvalue weighted by atomic mass is 35.5. The van der Waals surface area contributed by atoms with Crippen molar-refractivity contribution in [3.63, 3.8) is 0 Å². The maximum atomic E-state index is 6.39. The smallest absolute Gasteiger partial charge is 0.0588 e. The number of hydrogen-bond acceptors (Lipinski definition) is 0. The molecule has 0 heterocycles. The van der Waals surface area contributed by atoms with Crippen LogP contribution in [0.4, 0.5) is 0 Å². The molecule has 0 radical (unpaired) electrons. The molecule has 0 amide bonds. The zero-order chi connectivity index (χ0) is 11.0. The van der Waals surface area contributed by atoms with Gasteiger partial charge in [-0.3, -0.25) is 0 Å². The van der Waals surface area contributed by atoms with E-state index >= 15 is 0 Å². The number of benzene rings is 1. The number of halogens is 1. The van der Waals surface area contributed by atoms with Crippen LogP contribution < -0.4 is 0 Å². The minimum absolute atomic E-state index is 0.231. The van der Waals surface area contributed by atoms with E-state index in [1.165, 1.54) is 23.1 Å². The van der Waals surface area contributed by atoms with Crippen LogP contribution in [0.3, 0.4) is 0 Å². The second-order valence-corrected chi connectivity index (χ2v) is 5.52. The fourth-order valence-electron chi connectivity index (χ4n) is 2.38. The molecule has 0 aliphatic heterocycles. The molecule has 2 atom stereocenters. The van der Waals surface area contributed by atoms with Gasteiger partial charge in [0.2, 0.25) is 0 Å². The first-order valence-electron chi connectivity index (χ1n) is 5.87. The quantitative estimate of drug-likeness (QED) is 0.588. The minimum Gasteiger partial charge on any atom is -0.118 e. The summed E-state index contributed by atoms with van der Waals surface area (Å²) in [5.41, 5.74) is 4.25. The van der Waals surface area contributed by atoms with E-state index in [4.69, 9.17) is 11.6 Å². The molecule has 1 aliphatic carbocycles. The maximum Gasteiger partial charge on any atom is 0.0588 e. The summed E-state index contributed by atoms with van der Waals surface area (Å²) in [6.07, 6.45) is 2.35. The van der Waals surface area contributed by atoms with E-state index in [9.17, 15) is 0 Å². The van der Waals surface area contributed by atoms with Crippen molar-refractivity contribution in [1.82, 2.24) is 0 Å². The molecule has 1 heteroatoms. The third-order valence-electron chi connectivity index (χ3n) is 3.50. The van der Waals surface area contributed by atoms with E-state index in [1.807, 2.05) is 0 Å². The molecule has 0 saturated heterocycles. The van der Waals surface area contributed by atoms with Gasteiger partial charge in [-0.25, -0.2) is 0 Å². The Kier molecular flexibility index (Phi) is 3.06. The first-order chi connectivity index (χ1) is 7.09. The minimum atomic E-state index is 0.231. The van der Waals surface area contributed by atoms with E-state index in [2.05, 4.69) is 39.0 Å². The van der Waals surface area contributed by atoms with Crippen molar-refractivity contribution in [3.05, 3.63) is 34.9 Å². The lowest BCUT2D eigenvalue weighted by atomic mass is 9.82. The van der Waals surface area contributed by atoms with Crippen molar-refractivity contribution < 1.29 is 0 Å². The van der Waals surface area contributed by atoms with Crippen molar-refractivity contribution in [3.8, 4) is 0 Å². The van der Waals surface area contributed by atoms with Crippen LogP contribution in [0.1, 0.15) is 67.5 Å². The van der Waals surface area contributed by atoms with Crippen LogP contribution >= 0.6 is 11.6 Å². The molecule has 0 aromatic heterocycles. The van der Waals surface area contributed by atoms with Gasteiger partial charge in [0.1, 0.15) is 0 Å². The van der Waals surface area contributed by atoms with Crippen LogP contribution in [0.25, 0.3) is 0 Å². The second-order valence-electron chi connectivity index (χ2n) is 4.99. The van der Waals surface area contributed by atoms with E-state index in [1.54, 1.807) is 0 Å². The molecule has 0 fully saturated rings. The van der Waals surface area contributed by atoms with Gasteiger partial charge in [0, 0.05) is 0 Å². The van der Waals surface area contributed by atoms with Gasteiger partial charge in [0.15, 0.2) is 0 Å². The number of hydrogen-bond donors (Lipinski definition) is 0. The number of rotatable bonds is 1. The predicted octanol–water partition coefficient (Wildman–Crippen LogP) is 4.99. The molecule has 0 saturated carbocycles. The van der Waals surface area contributed by atoms with Crippen LogP contribution in [0.2, 0.25) is 0 Å². The van der Waals surface area contributed by atoms with Gasteiger partial charge in [-0.15, -0.1) is 11.6 Å². The standard InChI is InChI=1S/C14H19Cl/c1-9(2)11-5-6-12-10(3)4-7-14(15)13(12)8-11/h5-6,8-10,14H,4,7H2,1-3H3. The van der Waals surface area contributed by atoms with E-state index in [0.717, 1.165) is 6.42 Å². The van der Waals surface area contributed by atoms with E-state index in [-0.39, 0.29) is 5.38 Å². The lowest BCUT2D eigenvalue weighted by Gasteiger charge is -2.27. The lowest BCUT2D eigenvalue weighted by molar-refractivity contribution is 0.577. The predicted molar refractivity (Wildman–Crippen MR) is 66.8 cm³/mol. The Bertz CT molecular complexity index is 354. The molecule has 0 bridgehead atoms. The molecular weight excluding hydrogens is 204 g/mol. The first kappa shape index (κ1) is 11.0. The maximum absolute atomic E-state index is 6.39. The largest absolute Gasteiger partial charge is 0.118 e. The molecular formula is C14H19Cl. The van der Waals surface area contributed by atoms with Crippen molar-refractivity contribution in [2.75, 3.05) is 0 Å². The zero-order valence-corrected chi connectivity index (χ0v) is 10.5. The highest BCUT2D eigenvalue weighted by molar-refractivity contribution is 6.21. The Balaban J connectivity index is 2.45. The van der Waals surface area contributed by atoms with Gasteiger partial charge in [-0.2, -0.15) is 0 Å². The van der Waals surface area contributed by atoms with Crippen LogP contribution in [0.15, 0.2) is 18.2 Å². The van der Waals surface area contributed by atoms with Gasteiger partial charge >= 0.3 is 0 Å². The van der Waals surface area contributed by atoms with Gasteiger partial charge in [0.25, 0.3) is 0 Å². The molecule has 2 rings (SSSR count). The molecule has 1 aromatic rings. The summed E-state index contributed by atoms with van der Waals surface area (Å²) < 4.78 is 0. The molecule has 1 aliphatic rings. The van der Waals surface area contributed by atoms with Crippen LogP contribution in [-0.2, 0) is 0 Å². The first-order valence-corrected chi connectivity index (χ1v) is 6.31. The van der Waals surface area contributed by atoms with Gasteiger partial charge in [-0.05, 0) is 41.4 Å². The van der Waals surface area contributed by atoms with Gasteiger partial charge in [0.05, 0.1) is 5.38 Å². The summed E-state index contributed by atoms with van der Waals surface area (Å²) >= 11 is 6.39. The zero-order valence-electron chi connectivity index (χ0n) is 9.76. The molecule has 0 N–H and O–H groups in total. The summed E-state index contributed by atoms with van der Waals surface area (Å²) in [4.78, 5) is 0. The molecule has 2 unspecified atom stereocenters. The van der Waals surface area contributed by atoms with Crippen molar-refractivity contribution >= 4 is 11.6 Å². The Morgan fingerprint density at radius 2 is 1.93 bits per heavy atom. The summed E-state index contributed by atoms with van der Waals surface area (Å²) in [7, 11) is 0. The van der Waals surface area contributed by atoms with Crippen LogP contribution in [-0.4, -0.2) is 0 Å². The number of alkyl halides is 1. The molecule has 15 heavy (non-hydrogen) atoms. The van der Waals surface area contributed by atoms with Crippen molar-refractivity contribution in [2.45, 2.75) is 50.8 Å². The summed E-state index contributed by atoms with van der Waals surface area (Å²) in [6, 6.07) is 6.85. The average Bonchev–Trinajstić information content (AvgIpc) is 2.23. The topological polar surface area (TPSA) is 0 Å². The molecule has 1 aromatic carbocycles. The Morgan fingerprint density at radius 3 is 2.60 bits per heavy atom.